The summed E-state index contributed by atoms with van der Waals surface area (Å²) >= 11 is 1.67. The van der Waals surface area contributed by atoms with Crippen molar-refractivity contribution in [2.75, 3.05) is 19.7 Å². The fraction of sp³-hybridized carbons (Fsp3) is 0.478. The summed E-state index contributed by atoms with van der Waals surface area (Å²) in [6.45, 7) is 4.26. The molecule has 2 unspecified atom stereocenters. The lowest BCUT2D eigenvalue weighted by Gasteiger charge is -2.37. The van der Waals surface area contributed by atoms with Crippen molar-refractivity contribution in [1.82, 2.24) is 9.80 Å². The van der Waals surface area contributed by atoms with E-state index in [1.807, 2.05) is 33.4 Å². The Morgan fingerprint density at radius 2 is 2.10 bits per heavy atom. The molecule has 0 saturated carbocycles. The van der Waals surface area contributed by atoms with Gasteiger partial charge in [0, 0.05) is 31.5 Å². The molecule has 3 heterocycles. The zero-order chi connectivity index (χ0) is 20.2. The molecule has 2 aromatic rings. The van der Waals surface area contributed by atoms with Crippen LogP contribution in [0.15, 0.2) is 41.8 Å². The van der Waals surface area contributed by atoms with E-state index in [1.165, 1.54) is 10.4 Å². The summed E-state index contributed by atoms with van der Waals surface area (Å²) in [5, 5.41) is 2.04. The Kier molecular flexibility index (Phi) is 6.31. The van der Waals surface area contributed by atoms with Gasteiger partial charge in [0.25, 0.3) is 0 Å². The van der Waals surface area contributed by atoms with Gasteiger partial charge in [0.2, 0.25) is 11.8 Å². The lowest BCUT2D eigenvalue weighted by molar-refractivity contribution is -0.138. The van der Waals surface area contributed by atoms with Crippen LogP contribution in [0, 0.1) is 0 Å². The van der Waals surface area contributed by atoms with E-state index in [0.717, 1.165) is 31.4 Å². The van der Waals surface area contributed by atoms with Crippen molar-refractivity contribution >= 4 is 23.2 Å². The minimum atomic E-state index is -0.194. The van der Waals surface area contributed by atoms with E-state index in [2.05, 4.69) is 18.2 Å². The molecule has 0 bridgehead atoms. The second kappa shape index (κ2) is 9.09. The van der Waals surface area contributed by atoms with Crippen LogP contribution in [0.2, 0.25) is 0 Å². The molecule has 1 aromatic carbocycles. The maximum absolute atomic E-state index is 13.4. The van der Waals surface area contributed by atoms with E-state index in [4.69, 9.17) is 4.74 Å². The van der Waals surface area contributed by atoms with E-state index in [-0.39, 0.29) is 24.0 Å². The molecule has 0 N–H and O–H groups in total. The Hall–Kier alpha value is -2.18. The van der Waals surface area contributed by atoms with Crippen LogP contribution in [-0.4, -0.2) is 47.4 Å². The zero-order valence-electron chi connectivity index (χ0n) is 16.9. The summed E-state index contributed by atoms with van der Waals surface area (Å²) in [6.07, 6.45) is 3.32. The molecule has 29 heavy (non-hydrogen) atoms. The van der Waals surface area contributed by atoms with Crippen molar-refractivity contribution in [1.29, 1.82) is 0 Å². The molecule has 0 aliphatic carbocycles. The van der Waals surface area contributed by atoms with Crippen LogP contribution in [0.25, 0.3) is 0 Å². The molecule has 154 valence electrons. The predicted octanol–water partition coefficient (Wildman–Crippen LogP) is 3.79. The number of carbonyl (C=O) groups is 2. The van der Waals surface area contributed by atoms with Crippen LogP contribution in [0.3, 0.4) is 0 Å². The fourth-order valence-electron chi connectivity index (χ4n) is 4.42. The van der Waals surface area contributed by atoms with Gasteiger partial charge >= 0.3 is 0 Å². The number of benzene rings is 1. The molecule has 1 saturated heterocycles. The quantitative estimate of drug-likeness (QED) is 0.725. The molecule has 2 aliphatic rings. The summed E-state index contributed by atoms with van der Waals surface area (Å²) in [5.74, 6) is 0.114. The minimum absolute atomic E-state index is 0.0289. The first-order valence-corrected chi connectivity index (χ1v) is 11.3. The highest BCUT2D eigenvalue weighted by Gasteiger charge is 2.33. The third kappa shape index (κ3) is 4.70. The van der Waals surface area contributed by atoms with Gasteiger partial charge in [-0.3, -0.25) is 9.59 Å². The third-order valence-corrected chi connectivity index (χ3v) is 6.77. The van der Waals surface area contributed by atoms with Gasteiger partial charge in [-0.25, -0.2) is 0 Å². The number of carbonyl (C=O) groups excluding carboxylic acids is 2. The number of fused-ring (bicyclic) bond motifs is 1. The SMILES string of the molecule is CC(=O)N1CCc2ccccc2C1CC(=O)N(Cc1cccs1)CC1CCCO1. The first kappa shape index (κ1) is 20.1. The van der Waals surface area contributed by atoms with E-state index >= 15 is 0 Å². The van der Waals surface area contributed by atoms with Crippen LogP contribution in [0.1, 0.15) is 48.2 Å². The van der Waals surface area contributed by atoms with Gasteiger partial charge in [-0.2, -0.15) is 0 Å². The Morgan fingerprint density at radius 3 is 2.83 bits per heavy atom. The molecule has 2 aliphatic heterocycles. The number of rotatable bonds is 6. The van der Waals surface area contributed by atoms with Crippen LogP contribution in [-0.2, 0) is 27.3 Å². The Bertz CT molecular complexity index is 846. The number of amides is 2. The molecule has 0 radical (unpaired) electrons. The number of ether oxygens (including phenoxy) is 1. The Morgan fingerprint density at radius 1 is 1.24 bits per heavy atom. The summed E-state index contributed by atoms with van der Waals surface area (Å²) in [7, 11) is 0. The van der Waals surface area contributed by atoms with E-state index in [1.54, 1.807) is 18.3 Å². The lowest BCUT2D eigenvalue weighted by atomic mass is 9.90. The van der Waals surface area contributed by atoms with E-state index < -0.39 is 0 Å². The van der Waals surface area contributed by atoms with Gasteiger partial charge in [-0.05, 0) is 41.8 Å². The number of nitrogens with zero attached hydrogens (tertiary/aromatic N) is 2. The number of thiophene rings is 1. The zero-order valence-corrected chi connectivity index (χ0v) is 17.7. The van der Waals surface area contributed by atoms with Gasteiger partial charge in [-0.1, -0.05) is 30.3 Å². The second-order valence-electron chi connectivity index (χ2n) is 7.87. The molecule has 4 rings (SSSR count). The molecular formula is C23H28N2O3S. The first-order chi connectivity index (χ1) is 14.1. The van der Waals surface area contributed by atoms with E-state index in [0.29, 0.717) is 26.1 Å². The highest BCUT2D eigenvalue weighted by molar-refractivity contribution is 7.09. The van der Waals surface area contributed by atoms with E-state index in [9.17, 15) is 9.59 Å². The molecule has 1 aromatic heterocycles. The fourth-order valence-corrected chi connectivity index (χ4v) is 5.14. The smallest absolute Gasteiger partial charge is 0.225 e. The van der Waals surface area contributed by atoms with Gasteiger partial charge < -0.3 is 14.5 Å². The van der Waals surface area contributed by atoms with Crippen molar-refractivity contribution in [3.63, 3.8) is 0 Å². The van der Waals surface area contributed by atoms with Crippen molar-refractivity contribution < 1.29 is 14.3 Å². The average molecular weight is 413 g/mol. The molecule has 5 nitrogen and oxygen atoms in total. The molecule has 2 atom stereocenters. The summed E-state index contributed by atoms with van der Waals surface area (Å²) in [4.78, 5) is 30.7. The first-order valence-electron chi connectivity index (χ1n) is 10.4. The average Bonchev–Trinajstić information content (AvgIpc) is 3.41. The van der Waals surface area contributed by atoms with Crippen LogP contribution in [0.5, 0.6) is 0 Å². The molecule has 2 amide bonds. The van der Waals surface area contributed by atoms with Crippen molar-refractivity contribution in [3.8, 4) is 0 Å². The maximum Gasteiger partial charge on any atom is 0.225 e. The van der Waals surface area contributed by atoms with Crippen LogP contribution < -0.4 is 0 Å². The summed E-state index contributed by atoms with van der Waals surface area (Å²) in [5.41, 5.74) is 2.35. The van der Waals surface area contributed by atoms with Gasteiger partial charge in [0.15, 0.2) is 0 Å². The molecule has 6 heteroatoms. The highest BCUT2D eigenvalue weighted by Crippen LogP contribution is 2.33. The lowest BCUT2D eigenvalue weighted by Crippen LogP contribution is -2.43. The summed E-state index contributed by atoms with van der Waals surface area (Å²) < 4.78 is 5.80. The highest BCUT2D eigenvalue weighted by atomic mass is 32.1. The van der Waals surface area contributed by atoms with Crippen molar-refractivity contribution in [3.05, 3.63) is 57.8 Å². The van der Waals surface area contributed by atoms with Crippen molar-refractivity contribution in [2.24, 2.45) is 0 Å². The Balaban J connectivity index is 1.55. The maximum atomic E-state index is 13.4. The molecule has 1 fully saturated rings. The Labute approximate surface area is 176 Å². The minimum Gasteiger partial charge on any atom is -0.376 e. The van der Waals surface area contributed by atoms with Gasteiger partial charge in [0.1, 0.15) is 0 Å². The van der Waals surface area contributed by atoms with Crippen LogP contribution >= 0.6 is 11.3 Å². The molecular weight excluding hydrogens is 384 g/mol. The largest absolute Gasteiger partial charge is 0.376 e. The standard InChI is InChI=1S/C23H28N2O3S/c1-17(26)25-11-10-18-6-2-3-9-21(18)22(25)14-23(27)24(15-19-7-4-12-28-19)16-20-8-5-13-29-20/h2-3,5-6,8-9,13,19,22H,4,7,10-12,14-16H2,1H3. The van der Waals surface area contributed by atoms with Gasteiger partial charge in [0.05, 0.1) is 25.1 Å². The monoisotopic (exact) mass is 412 g/mol. The number of hydrogen-bond donors (Lipinski definition) is 0. The normalized spacial score (nSPS) is 21.1. The topological polar surface area (TPSA) is 49.9 Å². The summed E-state index contributed by atoms with van der Waals surface area (Å²) in [6, 6.07) is 12.1. The third-order valence-electron chi connectivity index (χ3n) is 5.91. The number of hydrogen-bond acceptors (Lipinski definition) is 4. The predicted molar refractivity (Wildman–Crippen MR) is 114 cm³/mol. The van der Waals surface area contributed by atoms with Crippen LogP contribution in [0.4, 0.5) is 0 Å². The van der Waals surface area contributed by atoms with Gasteiger partial charge in [-0.15, -0.1) is 11.3 Å². The molecule has 0 spiro atoms. The second-order valence-corrected chi connectivity index (χ2v) is 8.90. The van der Waals surface area contributed by atoms with Crippen molar-refractivity contribution in [2.45, 2.75) is 51.3 Å².